The van der Waals surface area contributed by atoms with E-state index in [1.54, 1.807) is 0 Å². The molecule has 0 amide bonds. The van der Waals surface area contributed by atoms with Gasteiger partial charge >= 0.3 is 11.9 Å². The first-order valence-corrected chi connectivity index (χ1v) is 10.7. The van der Waals surface area contributed by atoms with Gasteiger partial charge in [-0.05, 0) is 23.3 Å². The molecule has 3 aromatic rings. The van der Waals surface area contributed by atoms with Crippen molar-refractivity contribution in [3.63, 3.8) is 0 Å². The Morgan fingerprint density at radius 1 is 0.588 bits per heavy atom. The first kappa shape index (κ1) is 24.8. The molecule has 3 aromatic carbocycles. The zero-order valence-corrected chi connectivity index (χ0v) is 18.5. The molecule has 0 aliphatic carbocycles. The van der Waals surface area contributed by atoms with Crippen molar-refractivity contribution in [1.82, 2.24) is 0 Å². The summed E-state index contributed by atoms with van der Waals surface area (Å²) in [4.78, 5) is 23.1. The summed E-state index contributed by atoms with van der Waals surface area (Å²) < 4.78 is 22.5. The normalized spacial score (nSPS) is 10.6. The topological polar surface area (TPSA) is 112 Å². The molecule has 0 saturated carbocycles. The van der Waals surface area contributed by atoms with E-state index >= 15 is 0 Å². The summed E-state index contributed by atoms with van der Waals surface area (Å²) in [5.41, 5.74) is 1.25. The lowest BCUT2D eigenvalue weighted by molar-refractivity contribution is 0.0647. The van der Waals surface area contributed by atoms with Crippen LogP contribution in [0.1, 0.15) is 31.8 Å². The number of rotatable bonds is 14. The number of hydrogen-bond donors (Lipinski definition) is 2. The molecule has 0 saturated heterocycles. The molecule has 0 heterocycles. The molecule has 0 aliphatic heterocycles. The molecule has 0 bridgehead atoms. The summed E-state index contributed by atoms with van der Waals surface area (Å²) in [5.74, 6) is -2.51. The van der Waals surface area contributed by atoms with Gasteiger partial charge in [0.15, 0.2) is 11.5 Å². The Labute approximate surface area is 197 Å². The maximum Gasteiger partial charge on any atom is 0.336 e. The van der Waals surface area contributed by atoms with Crippen LogP contribution in [0, 0.1) is 0 Å². The molecule has 8 heteroatoms. The standard InChI is InChI=1S/C26H26O8/c27-25(28)21-15-23(33-13-11-31-17-19-7-3-1-4-8-19)24(16-22(21)26(29)30)34-14-12-32-18-20-9-5-2-6-10-20/h1-10,15-16H,11-14,17-18H2,(H,27,28)(H,29,30). The van der Waals surface area contributed by atoms with E-state index in [1.807, 2.05) is 60.7 Å². The van der Waals surface area contributed by atoms with E-state index in [1.165, 1.54) is 0 Å². The van der Waals surface area contributed by atoms with Crippen LogP contribution in [0.3, 0.4) is 0 Å². The van der Waals surface area contributed by atoms with Gasteiger partial charge in [0.1, 0.15) is 13.2 Å². The number of ether oxygens (including phenoxy) is 4. The lowest BCUT2D eigenvalue weighted by Crippen LogP contribution is -2.13. The molecule has 0 fully saturated rings. The fraction of sp³-hybridized carbons (Fsp3) is 0.231. The smallest absolute Gasteiger partial charge is 0.336 e. The molecular weight excluding hydrogens is 440 g/mol. The summed E-state index contributed by atoms with van der Waals surface area (Å²) in [6.07, 6.45) is 0. The minimum absolute atomic E-state index is 0.119. The number of carbonyl (C=O) groups is 2. The third-order valence-corrected chi connectivity index (χ3v) is 4.74. The van der Waals surface area contributed by atoms with Gasteiger partial charge in [-0.25, -0.2) is 9.59 Å². The number of hydrogen-bond acceptors (Lipinski definition) is 6. The molecule has 34 heavy (non-hydrogen) atoms. The fourth-order valence-corrected chi connectivity index (χ4v) is 3.09. The molecule has 3 rings (SSSR count). The van der Waals surface area contributed by atoms with Gasteiger partial charge in [-0.15, -0.1) is 0 Å². The Kier molecular flexibility index (Phi) is 9.45. The fourth-order valence-electron chi connectivity index (χ4n) is 3.09. The Bertz CT molecular complexity index is 980. The molecule has 0 aromatic heterocycles. The van der Waals surface area contributed by atoms with E-state index in [2.05, 4.69) is 0 Å². The average molecular weight is 466 g/mol. The van der Waals surface area contributed by atoms with Crippen LogP contribution in [0.25, 0.3) is 0 Å². The van der Waals surface area contributed by atoms with Gasteiger partial charge in [0.05, 0.1) is 37.6 Å². The summed E-state index contributed by atoms with van der Waals surface area (Å²) >= 11 is 0. The largest absolute Gasteiger partial charge is 0.487 e. The quantitative estimate of drug-likeness (QED) is 0.339. The maximum atomic E-state index is 11.6. The van der Waals surface area contributed by atoms with Crippen molar-refractivity contribution in [2.24, 2.45) is 0 Å². The van der Waals surface area contributed by atoms with Crippen LogP contribution < -0.4 is 9.47 Å². The number of carboxylic acids is 2. The zero-order chi connectivity index (χ0) is 24.2. The number of aromatic carboxylic acids is 2. The van der Waals surface area contributed by atoms with Crippen LogP contribution in [0.5, 0.6) is 11.5 Å². The van der Waals surface area contributed by atoms with Crippen LogP contribution in [0.15, 0.2) is 72.8 Å². The minimum atomic E-state index is -1.37. The van der Waals surface area contributed by atoms with Gasteiger partial charge in [0.25, 0.3) is 0 Å². The van der Waals surface area contributed by atoms with Gasteiger partial charge in [-0.1, -0.05) is 60.7 Å². The average Bonchev–Trinajstić information content (AvgIpc) is 2.85. The van der Waals surface area contributed by atoms with Crippen LogP contribution >= 0.6 is 0 Å². The molecule has 8 nitrogen and oxygen atoms in total. The van der Waals surface area contributed by atoms with Crippen LogP contribution in [-0.2, 0) is 22.7 Å². The first-order valence-electron chi connectivity index (χ1n) is 10.7. The van der Waals surface area contributed by atoms with E-state index in [0.29, 0.717) is 13.2 Å². The molecule has 2 N–H and O–H groups in total. The van der Waals surface area contributed by atoms with Crippen molar-refractivity contribution in [2.75, 3.05) is 26.4 Å². The summed E-state index contributed by atoms with van der Waals surface area (Å²) in [6, 6.07) is 21.6. The zero-order valence-electron chi connectivity index (χ0n) is 18.5. The van der Waals surface area contributed by atoms with E-state index < -0.39 is 11.9 Å². The van der Waals surface area contributed by atoms with E-state index in [0.717, 1.165) is 23.3 Å². The van der Waals surface area contributed by atoms with Gasteiger partial charge < -0.3 is 29.2 Å². The molecule has 0 aliphatic rings. The molecule has 0 unspecified atom stereocenters. The second-order valence-corrected chi connectivity index (χ2v) is 7.23. The van der Waals surface area contributed by atoms with Crippen molar-refractivity contribution in [1.29, 1.82) is 0 Å². The highest BCUT2D eigenvalue weighted by Crippen LogP contribution is 2.31. The molecular formula is C26H26O8. The maximum absolute atomic E-state index is 11.6. The first-order chi connectivity index (χ1) is 16.5. The van der Waals surface area contributed by atoms with Crippen molar-refractivity contribution in [3.8, 4) is 11.5 Å². The molecule has 0 atom stereocenters. The molecule has 0 spiro atoms. The van der Waals surface area contributed by atoms with Gasteiger partial charge in [-0.3, -0.25) is 0 Å². The predicted octanol–water partition coefficient (Wildman–Crippen LogP) is 4.27. The van der Waals surface area contributed by atoms with Gasteiger partial charge in [0.2, 0.25) is 0 Å². The Morgan fingerprint density at radius 3 is 1.32 bits per heavy atom. The second kappa shape index (κ2) is 13.0. The van der Waals surface area contributed by atoms with Gasteiger partial charge in [0, 0.05) is 0 Å². The number of carboxylic acid groups (broad SMARTS) is 2. The summed E-state index contributed by atoms with van der Waals surface area (Å²) in [6.45, 7) is 1.56. The Hall–Kier alpha value is -3.88. The number of benzene rings is 3. The third-order valence-electron chi connectivity index (χ3n) is 4.74. The van der Waals surface area contributed by atoms with Crippen molar-refractivity contribution in [3.05, 3.63) is 95.1 Å². The minimum Gasteiger partial charge on any atom is -0.487 e. The Morgan fingerprint density at radius 2 is 0.971 bits per heavy atom. The van der Waals surface area contributed by atoms with Crippen molar-refractivity contribution >= 4 is 11.9 Å². The highest BCUT2D eigenvalue weighted by molar-refractivity contribution is 6.02. The Balaban J connectivity index is 1.59. The third kappa shape index (κ3) is 7.61. The van der Waals surface area contributed by atoms with Crippen LogP contribution in [0.4, 0.5) is 0 Å². The highest BCUT2D eigenvalue weighted by Gasteiger charge is 2.21. The highest BCUT2D eigenvalue weighted by atomic mass is 16.6. The van der Waals surface area contributed by atoms with Crippen LogP contribution in [-0.4, -0.2) is 48.6 Å². The monoisotopic (exact) mass is 466 g/mol. The summed E-state index contributed by atoms with van der Waals surface area (Å²) in [5, 5.41) is 18.8. The predicted molar refractivity (Wildman–Crippen MR) is 124 cm³/mol. The molecule has 178 valence electrons. The van der Waals surface area contributed by atoms with Crippen molar-refractivity contribution in [2.45, 2.75) is 13.2 Å². The van der Waals surface area contributed by atoms with Gasteiger partial charge in [-0.2, -0.15) is 0 Å². The molecule has 0 radical (unpaired) electrons. The van der Waals surface area contributed by atoms with E-state index in [9.17, 15) is 19.8 Å². The van der Waals surface area contributed by atoms with Crippen molar-refractivity contribution < 1.29 is 38.7 Å². The lowest BCUT2D eigenvalue weighted by Gasteiger charge is -2.15. The van der Waals surface area contributed by atoms with E-state index in [-0.39, 0.29) is 49.1 Å². The van der Waals surface area contributed by atoms with E-state index in [4.69, 9.17) is 18.9 Å². The van der Waals surface area contributed by atoms with Crippen LogP contribution in [0.2, 0.25) is 0 Å². The summed E-state index contributed by atoms with van der Waals surface area (Å²) in [7, 11) is 0. The lowest BCUT2D eigenvalue weighted by atomic mass is 10.1. The SMILES string of the molecule is O=C(O)c1cc(OCCOCc2ccccc2)c(OCCOCc2ccccc2)cc1C(=O)O. The second-order valence-electron chi connectivity index (χ2n) is 7.23.